The molecule has 50 heavy (non-hydrogen) atoms. The quantitative estimate of drug-likeness (QED) is 0.192. The van der Waals surface area contributed by atoms with Crippen molar-refractivity contribution in [1.82, 2.24) is 4.57 Å². The molecule has 0 unspecified atom stereocenters. The van der Waals surface area contributed by atoms with Crippen LogP contribution in [-0.4, -0.2) is 4.57 Å². The maximum atomic E-state index is 6.62. The van der Waals surface area contributed by atoms with Gasteiger partial charge in [-0.1, -0.05) is 91.0 Å². The van der Waals surface area contributed by atoms with E-state index < -0.39 is 0 Å². The molecule has 0 saturated heterocycles. The molecule has 0 atom stereocenters. The Balaban J connectivity index is 1.15. The number of hydrogen-bond acceptors (Lipinski definition) is 3. The Morgan fingerprint density at radius 2 is 1.18 bits per heavy atom. The van der Waals surface area contributed by atoms with Gasteiger partial charge in [-0.05, 0) is 78.2 Å². The predicted octanol–water partition coefficient (Wildman–Crippen LogP) is 12.7. The number of rotatable bonds is 4. The second-order valence-corrected chi connectivity index (χ2v) is 13.2. The summed E-state index contributed by atoms with van der Waals surface area (Å²) in [5, 5.41) is 8.43. The van der Waals surface area contributed by atoms with Crippen molar-refractivity contribution < 1.29 is 8.83 Å². The zero-order valence-electron chi connectivity index (χ0n) is 27.1. The third-order valence-corrected chi connectivity index (χ3v) is 10.5. The lowest BCUT2D eigenvalue weighted by Crippen LogP contribution is -2.19. The van der Waals surface area contributed by atoms with E-state index in [1.165, 1.54) is 43.7 Å². The molecule has 1 aliphatic rings. The highest BCUT2D eigenvalue weighted by Gasteiger charge is 2.26. The fourth-order valence-corrected chi connectivity index (χ4v) is 8.26. The van der Waals surface area contributed by atoms with Gasteiger partial charge in [0.15, 0.2) is 0 Å². The largest absolute Gasteiger partial charge is 0.456 e. The van der Waals surface area contributed by atoms with E-state index in [0.717, 1.165) is 68.7 Å². The molecule has 3 heterocycles. The van der Waals surface area contributed by atoms with E-state index in [4.69, 9.17) is 8.83 Å². The van der Waals surface area contributed by atoms with Crippen molar-refractivity contribution in [3.8, 4) is 5.69 Å². The van der Waals surface area contributed by atoms with Crippen molar-refractivity contribution in [3.63, 3.8) is 0 Å². The van der Waals surface area contributed by atoms with Crippen molar-refractivity contribution in [2.45, 2.75) is 12.8 Å². The average Bonchev–Trinajstić information content (AvgIpc) is 3.84. The number of nitrogens with zero attached hydrogens (tertiary/aromatic N) is 2. The first kappa shape index (κ1) is 27.4. The number of aryl methyl sites for hydroxylation is 1. The van der Waals surface area contributed by atoms with Crippen LogP contribution in [0.2, 0.25) is 0 Å². The van der Waals surface area contributed by atoms with Crippen LogP contribution in [0.1, 0.15) is 17.7 Å². The molecule has 0 bridgehead atoms. The highest BCUT2D eigenvalue weighted by Crippen LogP contribution is 2.44. The number of hydrogen-bond donors (Lipinski definition) is 0. The number of aromatic nitrogens is 1. The monoisotopic (exact) mass is 642 g/mol. The molecule has 0 spiro atoms. The van der Waals surface area contributed by atoms with Crippen molar-refractivity contribution in [1.29, 1.82) is 0 Å². The van der Waals surface area contributed by atoms with Gasteiger partial charge in [0.05, 0.1) is 11.0 Å². The fraction of sp³-hybridized carbons (Fsp3) is 0.0435. The van der Waals surface area contributed by atoms with Crippen molar-refractivity contribution in [2.75, 3.05) is 4.90 Å². The van der Waals surface area contributed by atoms with Crippen LogP contribution in [0.5, 0.6) is 0 Å². The first-order valence-electron chi connectivity index (χ1n) is 17.2. The van der Waals surface area contributed by atoms with Crippen LogP contribution in [-0.2, 0) is 6.42 Å². The number of anilines is 2. The molecular weight excluding hydrogens is 613 g/mol. The molecule has 4 heteroatoms. The topological polar surface area (TPSA) is 34.5 Å². The summed E-state index contributed by atoms with van der Waals surface area (Å²) in [6.07, 6.45) is 4.01. The summed E-state index contributed by atoms with van der Waals surface area (Å²) >= 11 is 0. The highest BCUT2D eigenvalue weighted by atomic mass is 16.3. The molecule has 10 aromatic rings. The van der Waals surface area contributed by atoms with Crippen LogP contribution in [0.3, 0.4) is 0 Å². The first-order valence-corrected chi connectivity index (χ1v) is 17.2. The normalized spacial score (nSPS) is 13.2. The molecule has 0 amide bonds. The molecule has 236 valence electrons. The zero-order chi connectivity index (χ0) is 32.8. The van der Waals surface area contributed by atoms with E-state index in [9.17, 15) is 0 Å². The summed E-state index contributed by atoms with van der Waals surface area (Å²) in [6.45, 7) is 0. The van der Waals surface area contributed by atoms with Gasteiger partial charge in [-0.15, -0.1) is 0 Å². The summed E-state index contributed by atoms with van der Waals surface area (Å²) in [4.78, 5) is 2.40. The van der Waals surface area contributed by atoms with E-state index >= 15 is 0 Å². The van der Waals surface area contributed by atoms with Crippen LogP contribution in [0, 0.1) is 0 Å². The molecule has 7 aromatic carbocycles. The third-order valence-electron chi connectivity index (χ3n) is 10.5. The van der Waals surface area contributed by atoms with Gasteiger partial charge < -0.3 is 18.3 Å². The Hall–Kier alpha value is -6.52. The smallest absolute Gasteiger partial charge is 0.137 e. The van der Waals surface area contributed by atoms with Crippen molar-refractivity contribution in [2.24, 2.45) is 0 Å². The van der Waals surface area contributed by atoms with Gasteiger partial charge in [0.1, 0.15) is 22.5 Å². The van der Waals surface area contributed by atoms with Gasteiger partial charge in [-0.3, -0.25) is 0 Å². The summed E-state index contributed by atoms with van der Waals surface area (Å²) < 4.78 is 15.4. The zero-order valence-corrected chi connectivity index (χ0v) is 27.1. The number of benzene rings is 7. The minimum absolute atomic E-state index is 0.864. The third kappa shape index (κ3) is 3.99. The molecule has 11 rings (SSSR count). The maximum absolute atomic E-state index is 6.62. The molecule has 0 N–H and O–H groups in total. The van der Waals surface area contributed by atoms with Crippen LogP contribution in [0.15, 0.2) is 166 Å². The maximum Gasteiger partial charge on any atom is 0.137 e. The molecule has 4 nitrogen and oxygen atoms in total. The molecular formula is C46H30N2O2. The summed E-state index contributed by atoms with van der Waals surface area (Å²) in [7, 11) is 0. The van der Waals surface area contributed by atoms with Gasteiger partial charge in [0, 0.05) is 67.4 Å². The van der Waals surface area contributed by atoms with E-state index in [0.29, 0.717) is 0 Å². The van der Waals surface area contributed by atoms with Gasteiger partial charge in [0.2, 0.25) is 0 Å². The Labute approximate surface area is 287 Å². The molecule has 0 saturated carbocycles. The molecule has 0 fully saturated rings. The van der Waals surface area contributed by atoms with Crippen LogP contribution >= 0.6 is 0 Å². The SMILES string of the molecule is C1=C(N(c2ccc3c(c2)oc2ccccc23)c2ccc3c4ccccc4n(-c4ccccc4)c3c2)CCc2c1oc1ccc3ccccc3c21. The van der Waals surface area contributed by atoms with E-state index in [1.807, 2.05) is 12.1 Å². The number of para-hydroxylation sites is 3. The molecule has 3 aromatic heterocycles. The number of fused-ring (bicyclic) bond motifs is 11. The molecule has 0 radical (unpaired) electrons. The standard InChI is InChI=1S/C46H30N2O2/c1-2-11-30(12-3-1)48-40-16-8-6-14-35(40)36-22-19-31(26-41(36)48)47(32-20-23-38-37-15-7-9-17-42(37)49-44(38)27-32)33-21-24-39-45(28-33)50-43-25-18-29-10-4-5-13-34(29)46(39)43/h1-20,22-23,25-28H,21,24H2. The predicted molar refractivity (Wildman–Crippen MR) is 207 cm³/mol. The average molecular weight is 643 g/mol. The van der Waals surface area contributed by atoms with Crippen LogP contribution < -0.4 is 4.90 Å². The Bertz CT molecular complexity index is 2990. The molecule has 0 aliphatic heterocycles. The summed E-state index contributed by atoms with van der Waals surface area (Å²) in [5.41, 5.74) is 10.8. The molecule has 1 aliphatic carbocycles. The van der Waals surface area contributed by atoms with E-state index in [2.05, 4.69) is 155 Å². The lowest BCUT2D eigenvalue weighted by Gasteiger charge is -2.30. The number of furan rings is 2. The second-order valence-electron chi connectivity index (χ2n) is 13.2. The Morgan fingerprint density at radius 3 is 2.08 bits per heavy atom. The highest BCUT2D eigenvalue weighted by molar-refractivity contribution is 6.11. The fourth-order valence-electron chi connectivity index (χ4n) is 8.26. The van der Waals surface area contributed by atoms with Crippen molar-refractivity contribution >= 4 is 82.9 Å². The second kappa shape index (κ2) is 10.5. The first-order chi connectivity index (χ1) is 24.8. The Kier molecular flexibility index (Phi) is 5.75. The number of allylic oxidation sites excluding steroid dienone is 1. The lowest BCUT2D eigenvalue weighted by molar-refractivity contribution is 0.593. The summed E-state index contributed by atoms with van der Waals surface area (Å²) in [6, 6.07) is 54.0. The van der Waals surface area contributed by atoms with Gasteiger partial charge in [-0.2, -0.15) is 0 Å². The minimum Gasteiger partial charge on any atom is -0.456 e. The van der Waals surface area contributed by atoms with E-state index in [-0.39, 0.29) is 0 Å². The Morgan fingerprint density at radius 1 is 0.480 bits per heavy atom. The lowest BCUT2D eigenvalue weighted by atomic mass is 9.94. The van der Waals surface area contributed by atoms with Gasteiger partial charge in [-0.25, -0.2) is 0 Å². The van der Waals surface area contributed by atoms with Crippen LogP contribution in [0.4, 0.5) is 11.4 Å². The summed E-state index contributed by atoms with van der Waals surface area (Å²) in [5.74, 6) is 0.937. The van der Waals surface area contributed by atoms with Crippen LogP contribution in [0.25, 0.3) is 77.2 Å². The van der Waals surface area contributed by atoms with Gasteiger partial charge >= 0.3 is 0 Å². The van der Waals surface area contributed by atoms with E-state index in [1.54, 1.807) is 0 Å². The van der Waals surface area contributed by atoms with Crippen molar-refractivity contribution in [3.05, 3.63) is 169 Å². The minimum atomic E-state index is 0.864. The van der Waals surface area contributed by atoms with Gasteiger partial charge in [0.25, 0.3) is 0 Å².